The molecule has 2 aromatic heterocycles. The summed E-state index contributed by atoms with van der Waals surface area (Å²) in [5, 5.41) is 8.72. The molecule has 2 rings (SSSR count). The first-order valence-corrected chi connectivity index (χ1v) is 6.69. The molecule has 0 fully saturated rings. The van der Waals surface area contributed by atoms with Gasteiger partial charge < -0.3 is 0 Å². The first kappa shape index (κ1) is 13.5. The number of nitrogens with zero attached hydrogens (tertiary/aromatic N) is 4. The molecule has 0 aliphatic rings. The van der Waals surface area contributed by atoms with E-state index in [0.717, 1.165) is 37.1 Å². The Balaban J connectivity index is 2.26. The summed E-state index contributed by atoms with van der Waals surface area (Å²) in [6.07, 6.45) is 7.40. The summed E-state index contributed by atoms with van der Waals surface area (Å²) in [6, 6.07) is 0. The average molecular weight is 260 g/mol. The predicted molar refractivity (Wildman–Crippen MR) is 74.0 cm³/mol. The third-order valence-electron chi connectivity index (χ3n) is 3.08. The van der Waals surface area contributed by atoms with Crippen LogP contribution < -0.4 is 0 Å². The maximum atomic E-state index is 11.1. The summed E-state index contributed by atoms with van der Waals surface area (Å²) in [7, 11) is 0. The van der Waals surface area contributed by atoms with Gasteiger partial charge in [0.15, 0.2) is 6.29 Å². The monoisotopic (exact) mass is 260 g/mol. The average Bonchev–Trinajstić information content (AvgIpc) is 3.02. The predicted octanol–water partition coefficient (Wildman–Crippen LogP) is 2.63. The van der Waals surface area contributed by atoms with E-state index >= 15 is 0 Å². The minimum Gasteiger partial charge on any atom is -0.298 e. The van der Waals surface area contributed by atoms with Crippen LogP contribution in [0.2, 0.25) is 0 Å². The fourth-order valence-corrected chi connectivity index (χ4v) is 1.91. The van der Waals surface area contributed by atoms with Crippen molar-refractivity contribution >= 4 is 6.29 Å². The number of carbonyl (C=O) groups excluding carboxylic acids is 1. The smallest absolute Gasteiger partial charge is 0.153 e. The SMILES string of the molecule is CCn1cc(-c2nn(CCC(C)C)cc2C=O)cn1. The summed E-state index contributed by atoms with van der Waals surface area (Å²) < 4.78 is 3.68. The van der Waals surface area contributed by atoms with E-state index < -0.39 is 0 Å². The molecule has 19 heavy (non-hydrogen) atoms. The Bertz CT molecular complexity index is 554. The minimum atomic E-state index is 0.621. The van der Waals surface area contributed by atoms with Gasteiger partial charge in [0.05, 0.1) is 11.8 Å². The van der Waals surface area contributed by atoms with Crippen LogP contribution in [0.3, 0.4) is 0 Å². The maximum absolute atomic E-state index is 11.1. The summed E-state index contributed by atoms with van der Waals surface area (Å²) in [5.74, 6) is 0.621. The minimum absolute atomic E-state index is 0.621. The maximum Gasteiger partial charge on any atom is 0.153 e. The van der Waals surface area contributed by atoms with E-state index in [1.807, 2.05) is 28.7 Å². The van der Waals surface area contributed by atoms with Crippen LogP contribution in [-0.2, 0) is 13.1 Å². The highest BCUT2D eigenvalue weighted by Gasteiger charge is 2.12. The van der Waals surface area contributed by atoms with Gasteiger partial charge in [-0.05, 0) is 19.3 Å². The van der Waals surface area contributed by atoms with Crippen molar-refractivity contribution in [3.63, 3.8) is 0 Å². The highest BCUT2D eigenvalue weighted by molar-refractivity contribution is 5.85. The lowest BCUT2D eigenvalue weighted by atomic mass is 10.1. The zero-order chi connectivity index (χ0) is 13.8. The van der Waals surface area contributed by atoms with E-state index in [9.17, 15) is 4.79 Å². The summed E-state index contributed by atoms with van der Waals surface area (Å²) >= 11 is 0. The van der Waals surface area contributed by atoms with Gasteiger partial charge >= 0.3 is 0 Å². The molecule has 0 saturated carbocycles. The normalized spacial score (nSPS) is 11.2. The Morgan fingerprint density at radius 3 is 2.68 bits per heavy atom. The van der Waals surface area contributed by atoms with Crippen molar-refractivity contribution in [2.24, 2.45) is 5.92 Å². The van der Waals surface area contributed by atoms with Crippen molar-refractivity contribution in [1.82, 2.24) is 19.6 Å². The van der Waals surface area contributed by atoms with Gasteiger partial charge in [0.25, 0.3) is 0 Å². The van der Waals surface area contributed by atoms with Gasteiger partial charge in [0.2, 0.25) is 0 Å². The second kappa shape index (κ2) is 5.82. The standard InChI is InChI=1S/C14H20N4O/c1-4-17-8-12(7-15-17)14-13(10-19)9-18(16-14)6-5-11(2)3/h7-11H,4-6H2,1-3H3. The van der Waals surface area contributed by atoms with Crippen LogP contribution in [0.5, 0.6) is 0 Å². The van der Waals surface area contributed by atoms with Crippen molar-refractivity contribution in [2.45, 2.75) is 40.3 Å². The third-order valence-corrected chi connectivity index (χ3v) is 3.08. The topological polar surface area (TPSA) is 52.7 Å². The van der Waals surface area contributed by atoms with E-state index in [2.05, 4.69) is 24.0 Å². The molecule has 0 bridgehead atoms. The van der Waals surface area contributed by atoms with Crippen LogP contribution in [0, 0.1) is 5.92 Å². The van der Waals surface area contributed by atoms with Gasteiger partial charge in [-0.2, -0.15) is 10.2 Å². The molecule has 0 spiro atoms. The quantitative estimate of drug-likeness (QED) is 0.750. The number of aromatic nitrogens is 4. The number of hydrogen-bond donors (Lipinski definition) is 0. The van der Waals surface area contributed by atoms with Crippen molar-refractivity contribution in [3.05, 3.63) is 24.2 Å². The van der Waals surface area contributed by atoms with Gasteiger partial charge in [-0.15, -0.1) is 0 Å². The van der Waals surface area contributed by atoms with Crippen LogP contribution in [0.1, 0.15) is 37.6 Å². The van der Waals surface area contributed by atoms with Crippen LogP contribution >= 0.6 is 0 Å². The van der Waals surface area contributed by atoms with Crippen molar-refractivity contribution in [2.75, 3.05) is 0 Å². The van der Waals surface area contributed by atoms with Crippen LogP contribution in [0.25, 0.3) is 11.3 Å². The van der Waals surface area contributed by atoms with Crippen LogP contribution in [0.4, 0.5) is 0 Å². The van der Waals surface area contributed by atoms with E-state index in [4.69, 9.17) is 0 Å². The molecular formula is C14H20N4O. The molecule has 5 nitrogen and oxygen atoms in total. The third kappa shape index (κ3) is 3.10. The zero-order valence-corrected chi connectivity index (χ0v) is 11.7. The molecule has 102 valence electrons. The van der Waals surface area contributed by atoms with Gasteiger partial charge in [-0.3, -0.25) is 14.2 Å². The van der Waals surface area contributed by atoms with Crippen LogP contribution in [0.15, 0.2) is 18.6 Å². The molecule has 0 amide bonds. The summed E-state index contributed by atoms with van der Waals surface area (Å²) in [5.41, 5.74) is 2.24. The molecule has 2 aromatic rings. The summed E-state index contributed by atoms with van der Waals surface area (Å²) in [6.45, 7) is 8.02. The number of carbonyl (C=O) groups is 1. The molecule has 0 aliphatic carbocycles. The Morgan fingerprint density at radius 1 is 1.32 bits per heavy atom. The highest BCUT2D eigenvalue weighted by Crippen LogP contribution is 2.20. The fourth-order valence-electron chi connectivity index (χ4n) is 1.91. The zero-order valence-electron chi connectivity index (χ0n) is 11.7. The van der Waals surface area contributed by atoms with E-state index in [-0.39, 0.29) is 0 Å². The molecule has 2 heterocycles. The molecule has 0 atom stereocenters. The first-order chi connectivity index (χ1) is 9.13. The first-order valence-electron chi connectivity index (χ1n) is 6.69. The van der Waals surface area contributed by atoms with E-state index in [1.165, 1.54) is 0 Å². The van der Waals surface area contributed by atoms with Crippen molar-refractivity contribution in [3.8, 4) is 11.3 Å². The van der Waals surface area contributed by atoms with Gasteiger partial charge in [-0.25, -0.2) is 0 Å². The molecule has 0 unspecified atom stereocenters. The lowest BCUT2D eigenvalue weighted by Crippen LogP contribution is -2.01. The molecule has 0 N–H and O–H groups in total. The second-order valence-corrected chi connectivity index (χ2v) is 5.08. The van der Waals surface area contributed by atoms with Gasteiger partial charge in [0.1, 0.15) is 5.69 Å². The molecule has 5 heteroatoms. The van der Waals surface area contributed by atoms with Gasteiger partial charge in [0, 0.05) is 31.0 Å². The van der Waals surface area contributed by atoms with Gasteiger partial charge in [-0.1, -0.05) is 13.8 Å². The van der Waals surface area contributed by atoms with E-state index in [0.29, 0.717) is 11.5 Å². The Labute approximate surface area is 113 Å². The Hall–Kier alpha value is -1.91. The molecular weight excluding hydrogens is 240 g/mol. The number of rotatable bonds is 6. The second-order valence-electron chi connectivity index (χ2n) is 5.08. The van der Waals surface area contributed by atoms with E-state index in [1.54, 1.807) is 6.20 Å². The summed E-state index contributed by atoms with van der Waals surface area (Å²) in [4.78, 5) is 11.1. The largest absolute Gasteiger partial charge is 0.298 e. The molecule has 0 aromatic carbocycles. The number of aldehydes is 1. The Morgan fingerprint density at radius 2 is 2.11 bits per heavy atom. The highest BCUT2D eigenvalue weighted by atomic mass is 16.1. The fraction of sp³-hybridized carbons (Fsp3) is 0.500. The lowest BCUT2D eigenvalue weighted by molar-refractivity contribution is 0.112. The van der Waals surface area contributed by atoms with Crippen LogP contribution in [-0.4, -0.2) is 25.8 Å². The molecule has 0 saturated heterocycles. The number of aryl methyl sites for hydroxylation is 2. The molecule has 0 aliphatic heterocycles. The lowest BCUT2D eigenvalue weighted by Gasteiger charge is -2.03. The van der Waals surface area contributed by atoms with Crippen molar-refractivity contribution in [1.29, 1.82) is 0 Å². The van der Waals surface area contributed by atoms with Crippen molar-refractivity contribution < 1.29 is 4.79 Å². The number of hydrogen-bond acceptors (Lipinski definition) is 3. The molecule has 0 radical (unpaired) electrons. The Kier molecular flexibility index (Phi) is 4.14.